The SMILES string of the molecule is O=C1[C@H]2C3CC(CN3C(=O)C3CC3)N2C(=O)N1c1cccc2ccccc12. The van der Waals surface area contributed by atoms with E-state index in [2.05, 4.69) is 0 Å². The van der Waals surface area contributed by atoms with Crippen LogP contribution in [-0.2, 0) is 9.59 Å². The highest BCUT2D eigenvalue weighted by atomic mass is 16.2. The molecule has 3 atom stereocenters. The van der Waals surface area contributed by atoms with Crippen LogP contribution in [0, 0.1) is 5.92 Å². The van der Waals surface area contributed by atoms with Crippen molar-refractivity contribution in [1.82, 2.24) is 9.80 Å². The van der Waals surface area contributed by atoms with Gasteiger partial charge in [-0.05, 0) is 30.7 Å². The minimum atomic E-state index is -0.530. The van der Waals surface area contributed by atoms with Crippen molar-refractivity contribution in [2.45, 2.75) is 37.4 Å². The first-order chi connectivity index (χ1) is 13.1. The minimum absolute atomic E-state index is 0.0425. The largest absolute Gasteiger partial charge is 0.335 e. The molecule has 0 radical (unpaired) electrons. The van der Waals surface area contributed by atoms with Crippen molar-refractivity contribution in [2.75, 3.05) is 11.4 Å². The van der Waals surface area contributed by atoms with Gasteiger partial charge >= 0.3 is 6.03 Å². The Morgan fingerprint density at radius 2 is 1.78 bits per heavy atom. The summed E-state index contributed by atoms with van der Waals surface area (Å²) >= 11 is 0. The van der Waals surface area contributed by atoms with Crippen LogP contribution in [0.15, 0.2) is 42.5 Å². The van der Waals surface area contributed by atoms with E-state index in [9.17, 15) is 14.4 Å². The van der Waals surface area contributed by atoms with Crippen LogP contribution in [0.5, 0.6) is 0 Å². The summed E-state index contributed by atoms with van der Waals surface area (Å²) in [5, 5.41) is 1.89. The average Bonchev–Trinajstić information content (AvgIpc) is 3.28. The van der Waals surface area contributed by atoms with Gasteiger partial charge < -0.3 is 9.80 Å². The summed E-state index contributed by atoms with van der Waals surface area (Å²) in [6.07, 6.45) is 2.64. The maximum atomic E-state index is 13.3. The maximum Gasteiger partial charge on any atom is 0.332 e. The lowest BCUT2D eigenvalue weighted by Gasteiger charge is -2.35. The molecule has 6 heteroatoms. The van der Waals surface area contributed by atoms with Crippen molar-refractivity contribution in [3.8, 4) is 0 Å². The molecule has 2 aromatic carbocycles. The molecular formula is C21H19N3O3. The molecular weight excluding hydrogens is 342 g/mol. The molecule has 6 rings (SSSR count). The zero-order chi connectivity index (χ0) is 18.3. The lowest BCUT2D eigenvalue weighted by molar-refractivity contribution is -0.136. The zero-order valence-corrected chi connectivity index (χ0v) is 14.7. The number of carbonyl (C=O) groups is 3. The lowest BCUT2D eigenvalue weighted by atomic mass is 10.1. The molecule has 4 fully saturated rings. The fourth-order valence-corrected chi connectivity index (χ4v) is 5.10. The Balaban J connectivity index is 1.40. The Hall–Kier alpha value is -2.89. The van der Waals surface area contributed by atoms with Crippen LogP contribution in [0.2, 0.25) is 0 Å². The van der Waals surface area contributed by atoms with E-state index in [0.717, 1.165) is 30.0 Å². The quantitative estimate of drug-likeness (QED) is 0.772. The smallest absolute Gasteiger partial charge is 0.332 e. The molecule has 3 aliphatic heterocycles. The van der Waals surface area contributed by atoms with Gasteiger partial charge in [-0.15, -0.1) is 0 Å². The van der Waals surface area contributed by atoms with Crippen molar-refractivity contribution >= 4 is 34.3 Å². The van der Waals surface area contributed by atoms with Crippen LogP contribution < -0.4 is 4.90 Å². The molecule has 6 nitrogen and oxygen atoms in total. The first kappa shape index (κ1) is 15.2. The minimum Gasteiger partial charge on any atom is -0.335 e. The average molecular weight is 361 g/mol. The first-order valence-electron chi connectivity index (χ1n) is 9.59. The van der Waals surface area contributed by atoms with Gasteiger partial charge in [0, 0.05) is 17.8 Å². The second-order valence-corrected chi connectivity index (χ2v) is 8.03. The summed E-state index contributed by atoms with van der Waals surface area (Å²) < 4.78 is 0. The van der Waals surface area contributed by atoms with Gasteiger partial charge in [0.05, 0.1) is 17.8 Å². The summed E-state index contributed by atoms with van der Waals surface area (Å²) in [4.78, 5) is 44.0. The standard InChI is InChI=1S/C21H19N3O3/c25-19(13-8-9-13)22-11-14-10-17(22)18-20(26)24(21(27)23(14)18)16-7-3-5-12-4-1-2-6-15(12)16/h1-7,13-14,17-18H,8-11H2/t14?,17?,18-/m1/s1. The Morgan fingerprint density at radius 1 is 1.00 bits per heavy atom. The van der Waals surface area contributed by atoms with E-state index in [1.54, 1.807) is 4.90 Å². The third-order valence-corrected chi connectivity index (χ3v) is 6.48. The van der Waals surface area contributed by atoms with Crippen LogP contribution in [0.1, 0.15) is 19.3 Å². The number of nitrogens with zero attached hydrogens (tertiary/aromatic N) is 3. The molecule has 27 heavy (non-hydrogen) atoms. The highest BCUT2D eigenvalue weighted by Gasteiger charge is 2.63. The van der Waals surface area contributed by atoms with Gasteiger partial charge in [0.15, 0.2) is 0 Å². The number of hydrogen-bond donors (Lipinski definition) is 0. The molecule has 4 aliphatic rings. The molecule has 0 spiro atoms. The third kappa shape index (κ3) is 1.93. The van der Waals surface area contributed by atoms with Gasteiger partial charge in [-0.25, -0.2) is 9.69 Å². The second-order valence-electron chi connectivity index (χ2n) is 8.03. The summed E-state index contributed by atoms with van der Waals surface area (Å²) in [5.74, 6) is 0.113. The number of anilines is 1. The first-order valence-corrected chi connectivity index (χ1v) is 9.59. The van der Waals surface area contributed by atoms with Crippen LogP contribution >= 0.6 is 0 Å². The van der Waals surface area contributed by atoms with Gasteiger partial charge in [0.25, 0.3) is 5.91 Å². The number of piperazine rings is 1. The molecule has 1 saturated carbocycles. The molecule has 0 aromatic heterocycles. The highest BCUT2D eigenvalue weighted by Crippen LogP contribution is 2.45. The predicted octanol–water partition coefficient (Wildman–Crippen LogP) is 2.37. The third-order valence-electron chi connectivity index (χ3n) is 6.48. The van der Waals surface area contributed by atoms with Gasteiger partial charge in [0.2, 0.25) is 5.91 Å². The number of fused-ring (bicyclic) bond motifs is 6. The fourth-order valence-electron chi connectivity index (χ4n) is 5.10. The Morgan fingerprint density at radius 3 is 2.59 bits per heavy atom. The normalized spacial score (nSPS) is 29.2. The molecule has 0 N–H and O–H groups in total. The number of likely N-dealkylation sites (tertiary alicyclic amines) is 1. The van der Waals surface area contributed by atoms with Gasteiger partial charge in [-0.2, -0.15) is 0 Å². The van der Waals surface area contributed by atoms with Gasteiger partial charge in [-0.3, -0.25) is 9.59 Å². The monoisotopic (exact) mass is 361 g/mol. The molecule has 3 heterocycles. The molecule has 1 aliphatic carbocycles. The molecule has 3 saturated heterocycles. The predicted molar refractivity (Wildman–Crippen MR) is 99.1 cm³/mol. The second kappa shape index (κ2) is 5.09. The van der Waals surface area contributed by atoms with E-state index in [-0.39, 0.29) is 35.8 Å². The van der Waals surface area contributed by atoms with E-state index in [1.165, 1.54) is 4.90 Å². The van der Waals surface area contributed by atoms with E-state index >= 15 is 0 Å². The summed E-state index contributed by atoms with van der Waals surface area (Å²) in [6.45, 7) is 0.568. The van der Waals surface area contributed by atoms with E-state index in [1.807, 2.05) is 47.4 Å². The van der Waals surface area contributed by atoms with Crippen molar-refractivity contribution in [3.05, 3.63) is 42.5 Å². The molecule has 4 amide bonds. The van der Waals surface area contributed by atoms with Crippen LogP contribution in [0.3, 0.4) is 0 Å². The van der Waals surface area contributed by atoms with Crippen molar-refractivity contribution in [1.29, 1.82) is 0 Å². The van der Waals surface area contributed by atoms with Gasteiger partial charge in [0.1, 0.15) is 6.04 Å². The Kier molecular flexibility index (Phi) is 2.86. The van der Waals surface area contributed by atoms with E-state index in [0.29, 0.717) is 12.2 Å². The van der Waals surface area contributed by atoms with Crippen LogP contribution in [0.25, 0.3) is 10.8 Å². The number of rotatable bonds is 2. The number of hydrogen-bond acceptors (Lipinski definition) is 3. The number of urea groups is 1. The van der Waals surface area contributed by atoms with E-state index in [4.69, 9.17) is 0 Å². The number of carbonyl (C=O) groups excluding carboxylic acids is 3. The number of amides is 4. The summed E-state index contributed by atoms with van der Waals surface area (Å²) in [5.41, 5.74) is 0.636. The Labute approximate surface area is 156 Å². The summed E-state index contributed by atoms with van der Waals surface area (Å²) in [6, 6.07) is 12.5. The number of imide groups is 1. The molecule has 136 valence electrons. The zero-order valence-electron chi connectivity index (χ0n) is 14.7. The Bertz CT molecular complexity index is 1010. The number of benzene rings is 2. The fraction of sp³-hybridized carbons (Fsp3) is 0.381. The molecule has 2 bridgehead atoms. The van der Waals surface area contributed by atoms with E-state index < -0.39 is 6.04 Å². The van der Waals surface area contributed by atoms with Crippen molar-refractivity contribution in [3.63, 3.8) is 0 Å². The summed E-state index contributed by atoms with van der Waals surface area (Å²) in [7, 11) is 0. The highest BCUT2D eigenvalue weighted by molar-refractivity contribution is 6.25. The molecule has 2 unspecified atom stereocenters. The van der Waals surface area contributed by atoms with Gasteiger partial charge in [-0.1, -0.05) is 36.4 Å². The van der Waals surface area contributed by atoms with Crippen LogP contribution in [0.4, 0.5) is 10.5 Å². The topological polar surface area (TPSA) is 60.9 Å². The lowest BCUT2D eigenvalue weighted by Crippen LogP contribution is -2.55. The van der Waals surface area contributed by atoms with Crippen molar-refractivity contribution in [2.24, 2.45) is 5.92 Å². The maximum absolute atomic E-state index is 13.3. The van der Waals surface area contributed by atoms with Crippen LogP contribution in [-0.4, -0.2) is 52.3 Å². The van der Waals surface area contributed by atoms with Crippen molar-refractivity contribution < 1.29 is 14.4 Å². The molecule has 2 aromatic rings.